The number of amides is 1. The molecule has 1 saturated heterocycles. The summed E-state index contributed by atoms with van der Waals surface area (Å²) in [4.78, 5) is 16.2. The summed E-state index contributed by atoms with van der Waals surface area (Å²) < 4.78 is 5.41. The maximum absolute atomic E-state index is 12.2. The topological polar surface area (TPSA) is 58.8 Å². The molecule has 1 heterocycles. The van der Waals surface area contributed by atoms with E-state index in [4.69, 9.17) is 10.5 Å². The van der Waals surface area contributed by atoms with Gasteiger partial charge in [0.05, 0.1) is 0 Å². The summed E-state index contributed by atoms with van der Waals surface area (Å²) in [6.07, 6.45) is 3.40. The number of piperazine rings is 1. The number of carbonyl (C=O) groups excluding carboxylic acids is 1. The predicted molar refractivity (Wildman–Crippen MR) is 85.9 cm³/mol. The molecule has 1 aliphatic heterocycles. The zero-order valence-corrected chi connectivity index (χ0v) is 13.6. The second kappa shape index (κ2) is 7.88. The van der Waals surface area contributed by atoms with E-state index < -0.39 is 0 Å². The first-order chi connectivity index (χ1) is 9.79. The summed E-state index contributed by atoms with van der Waals surface area (Å²) in [7, 11) is 2.06. The lowest BCUT2D eigenvalue weighted by atomic mass is 10.1. The number of hydrogen-bond donors (Lipinski definition) is 1. The largest absolute Gasteiger partial charge is 0.445 e. The van der Waals surface area contributed by atoms with Crippen LogP contribution in [0.5, 0.6) is 0 Å². The number of ether oxygens (including phenoxy) is 1. The Hall–Kier alpha value is -1.75. The number of hydrogen-bond acceptors (Lipinski definition) is 4. The standard InChI is InChI=1S/C16H27N3O2/c1-12(2)8-15(9-13(3)17)11-21-16(20)19-7-6-18(5)10-14(19)4/h8-9,14H,1,6-7,10-11,17H2,2-5H3/b13-9-,15-8+/t14-/m0/s1. The minimum absolute atomic E-state index is 0.164. The minimum Gasteiger partial charge on any atom is -0.445 e. The highest BCUT2D eigenvalue weighted by Gasteiger charge is 2.26. The third-order valence-electron chi connectivity index (χ3n) is 3.27. The van der Waals surface area contributed by atoms with E-state index in [9.17, 15) is 4.79 Å². The van der Waals surface area contributed by atoms with Crippen LogP contribution >= 0.6 is 0 Å². The van der Waals surface area contributed by atoms with Crippen molar-refractivity contribution in [2.75, 3.05) is 33.3 Å². The van der Waals surface area contributed by atoms with Crippen molar-refractivity contribution in [3.8, 4) is 0 Å². The molecule has 1 atom stereocenters. The summed E-state index contributed by atoms with van der Waals surface area (Å²) in [6, 6.07) is 0.164. The Morgan fingerprint density at radius 3 is 2.57 bits per heavy atom. The molecule has 0 aromatic rings. The Labute approximate surface area is 127 Å². The lowest BCUT2D eigenvalue weighted by molar-refractivity contribution is 0.0638. The van der Waals surface area contributed by atoms with Crippen LogP contribution in [-0.2, 0) is 4.74 Å². The zero-order valence-electron chi connectivity index (χ0n) is 13.6. The summed E-state index contributed by atoms with van der Waals surface area (Å²) in [5, 5.41) is 0. The Morgan fingerprint density at radius 1 is 1.38 bits per heavy atom. The van der Waals surface area contributed by atoms with Crippen molar-refractivity contribution in [3.63, 3.8) is 0 Å². The van der Waals surface area contributed by atoms with Gasteiger partial charge >= 0.3 is 6.09 Å². The monoisotopic (exact) mass is 293 g/mol. The maximum atomic E-state index is 12.2. The molecule has 0 aromatic carbocycles. The number of carbonyl (C=O) groups is 1. The van der Waals surface area contributed by atoms with Crippen LogP contribution in [0, 0.1) is 0 Å². The summed E-state index contributed by atoms with van der Waals surface area (Å²) >= 11 is 0. The van der Waals surface area contributed by atoms with Gasteiger partial charge < -0.3 is 20.3 Å². The molecule has 0 saturated carbocycles. The molecule has 2 N–H and O–H groups in total. The highest BCUT2D eigenvalue weighted by atomic mass is 16.6. The van der Waals surface area contributed by atoms with Gasteiger partial charge in [0.2, 0.25) is 0 Å². The van der Waals surface area contributed by atoms with Crippen molar-refractivity contribution < 1.29 is 9.53 Å². The van der Waals surface area contributed by atoms with Crippen LogP contribution in [0.15, 0.2) is 35.6 Å². The van der Waals surface area contributed by atoms with E-state index in [1.165, 1.54) is 0 Å². The van der Waals surface area contributed by atoms with Gasteiger partial charge in [-0.15, -0.1) is 0 Å². The van der Waals surface area contributed by atoms with E-state index in [0.717, 1.165) is 24.2 Å². The van der Waals surface area contributed by atoms with E-state index in [1.54, 1.807) is 17.9 Å². The number of nitrogens with two attached hydrogens (primary N) is 1. The highest BCUT2D eigenvalue weighted by Crippen LogP contribution is 2.11. The second-order valence-electron chi connectivity index (χ2n) is 5.81. The molecule has 0 bridgehead atoms. The Balaban J connectivity index is 2.61. The van der Waals surface area contributed by atoms with Crippen LogP contribution in [0.2, 0.25) is 0 Å². The first-order valence-electron chi connectivity index (χ1n) is 7.21. The molecular formula is C16H27N3O2. The van der Waals surface area contributed by atoms with E-state index in [1.807, 2.05) is 19.9 Å². The smallest absolute Gasteiger partial charge is 0.410 e. The highest BCUT2D eigenvalue weighted by molar-refractivity contribution is 5.68. The first kappa shape index (κ1) is 17.3. The normalized spacial score (nSPS) is 21.3. The van der Waals surface area contributed by atoms with E-state index in [0.29, 0.717) is 12.2 Å². The van der Waals surface area contributed by atoms with Crippen molar-refractivity contribution in [1.82, 2.24) is 9.80 Å². The van der Waals surface area contributed by atoms with Crippen LogP contribution in [0.4, 0.5) is 4.79 Å². The molecule has 21 heavy (non-hydrogen) atoms. The molecule has 0 aromatic heterocycles. The molecule has 0 radical (unpaired) electrons. The van der Waals surface area contributed by atoms with Crippen LogP contribution < -0.4 is 5.73 Å². The van der Waals surface area contributed by atoms with Crippen molar-refractivity contribution in [2.45, 2.75) is 26.8 Å². The molecule has 118 valence electrons. The maximum Gasteiger partial charge on any atom is 0.410 e. The van der Waals surface area contributed by atoms with Gasteiger partial charge in [-0.1, -0.05) is 18.2 Å². The fourth-order valence-corrected chi connectivity index (χ4v) is 2.37. The van der Waals surface area contributed by atoms with Crippen LogP contribution in [-0.4, -0.2) is 55.2 Å². The lowest BCUT2D eigenvalue weighted by Gasteiger charge is -2.37. The predicted octanol–water partition coefficient (Wildman–Crippen LogP) is 2.12. The molecule has 1 aliphatic rings. The third kappa shape index (κ3) is 6.04. The summed E-state index contributed by atoms with van der Waals surface area (Å²) in [5.74, 6) is 0. The van der Waals surface area contributed by atoms with Gasteiger partial charge in [0.25, 0.3) is 0 Å². The number of rotatable bonds is 4. The molecule has 0 aliphatic carbocycles. The number of nitrogens with zero attached hydrogens (tertiary/aromatic N) is 2. The molecule has 1 rings (SSSR count). The average Bonchev–Trinajstić information content (AvgIpc) is 2.34. The Bertz CT molecular complexity index is 450. The molecular weight excluding hydrogens is 266 g/mol. The third-order valence-corrected chi connectivity index (χ3v) is 3.27. The van der Waals surface area contributed by atoms with Crippen molar-refractivity contribution in [3.05, 3.63) is 35.6 Å². The van der Waals surface area contributed by atoms with Gasteiger partial charge in [-0.2, -0.15) is 0 Å². The SMILES string of the molecule is C=C(C)/C=C(\C=C(\C)N)COC(=O)N1CCN(C)C[C@@H]1C. The van der Waals surface area contributed by atoms with E-state index >= 15 is 0 Å². The molecule has 0 spiro atoms. The molecule has 5 nitrogen and oxygen atoms in total. The van der Waals surface area contributed by atoms with Crippen LogP contribution in [0.25, 0.3) is 0 Å². The van der Waals surface area contributed by atoms with Gasteiger partial charge in [0, 0.05) is 31.4 Å². The molecule has 1 fully saturated rings. The van der Waals surface area contributed by atoms with Gasteiger partial charge in [-0.25, -0.2) is 4.79 Å². The average molecular weight is 293 g/mol. The van der Waals surface area contributed by atoms with Crippen LogP contribution in [0.3, 0.4) is 0 Å². The quantitative estimate of drug-likeness (QED) is 0.807. The number of likely N-dealkylation sites (N-methyl/N-ethyl adjacent to an activating group) is 1. The van der Waals surface area contributed by atoms with Gasteiger partial charge in [0.15, 0.2) is 0 Å². The van der Waals surface area contributed by atoms with E-state index in [2.05, 4.69) is 18.5 Å². The second-order valence-corrected chi connectivity index (χ2v) is 5.81. The Kier molecular flexibility index (Phi) is 6.49. The Morgan fingerprint density at radius 2 is 2.05 bits per heavy atom. The zero-order chi connectivity index (χ0) is 16.0. The minimum atomic E-state index is -0.272. The van der Waals surface area contributed by atoms with Gasteiger partial charge in [-0.3, -0.25) is 0 Å². The summed E-state index contributed by atoms with van der Waals surface area (Å²) in [6.45, 7) is 12.2. The van der Waals surface area contributed by atoms with Crippen molar-refractivity contribution >= 4 is 6.09 Å². The van der Waals surface area contributed by atoms with Crippen molar-refractivity contribution in [1.29, 1.82) is 0 Å². The lowest BCUT2D eigenvalue weighted by Crippen LogP contribution is -2.52. The molecule has 0 unspecified atom stereocenters. The molecule has 1 amide bonds. The molecule has 5 heteroatoms. The number of allylic oxidation sites excluding steroid dienone is 3. The van der Waals surface area contributed by atoms with Gasteiger partial charge in [0.1, 0.15) is 6.61 Å². The van der Waals surface area contributed by atoms with Crippen molar-refractivity contribution in [2.24, 2.45) is 5.73 Å². The fourth-order valence-electron chi connectivity index (χ4n) is 2.37. The van der Waals surface area contributed by atoms with Gasteiger partial charge in [-0.05, 0) is 39.5 Å². The van der Waals surface area contributed by atoms with E-state index in [-0.39, 0.29) is 18.7 Å². The van der Waals surface area contributed by atoms with Crippen LogP contribution in [0.1, 0.15) is 20.8 Å². The summed E-state index contributed by atoms with van der Waals surface area (Å²) in [5.41, 5.74) is 8.10. The fraction of sp³-hybridized carbons (Fsp3) is 0.562. The first-order valence-corrected chi connectivity index (χ1v) is 7.21.